The molecule has 0 saturated heterocycles. The second-order valence-corrected chi connectivity index (χ2v) is 6.89. The monoisotopic (exact) mass is 387 g/mol. The highest BCUT2D eigenvalue weighted by molar-refractivity contribution is 6.03. The van der Waals surface area contributed by atoms with Crippen LogP contribution in [0.25, 0.3) is 5.69 Å². The number of nitrogens with one attached hydrogen (secondary N) is 2. The lowest BCUT2D eigenvalue weighted by atomic mass is 10.1. The Kier molecular flexibility index (Phi) is 3.45. The molecule has 1 aromatic carbocycles. The van der Waals surface area contributed by atoms with Crippen LogP contribution in [0.15, 0.2) is 29.2 Å². The maximum absolute atomic E-state index is 14.3. The molecule has 28 heavy (non-hydrogen) atoms. The van der Waals surface area contributed by atoms with Crippen LogP contribution in [0.5, 0.6) is 0 Å². The maximum atomic E-state index is 14.3. The fraction of sp³-hybridized carbons (Fsp3) is 0.222. The number of H-pyrrole nitrogens is 1. The molecule has 2 aliphatic carbocycles. The van der Waals surface area contributed by atoms with Crippen LogP contribution in [0.2, 0.25) is 0 Å². The highest BCUT2D eigenvalue weighted by atomic mass is 19.1. The number of carbonyl (C=O) groups is 1. The van der Waals surface area contributed by atoms with Gasteiger partial charge in [0, 0.05) is 17.5 Å². The van der Waals surface area contributed by atoms with Gasteiger partial charge in [-0.2, -0.15) is 10.1 Å². The van der Waals surface area contributed by atoms with Gasteiger partial charge in [-0.3, -0.25) is 9.78 Å². The lowest BCUT2D eigenvalue weighted by molar-refractivity contribution is 0.102. The van der Waals surface area contributed by atoms with E-state index in [4.69, 9.17) is 0 Å². The highest BCUT2D eigenvalue weighted by Gasteiger charge is 2.50. The number of benzene rings is 1. The van der Waals surface area contributed by atoms with Crippen LogP contribution in [0.1, 0.15) is 34.1 Å². The van der Waals surface area contributed by atoms with E-state index in [-0.39, 0.29) is 17.3 Å². The van der Waals surface area contributed by atoms with Crippen molar-refractivity contribution in [3.8, 4) is 5.69 Å². The lowest BCUT2D eigenvalue weighted by Crippen LogP contribution is -2.21. The largest absolute Gasteiger partial charge is 0.346 e. The van der Waals surface area contributed by atoms with Gasteiger partial charge in [0.2, 0.25) is 0 Å². The van der Waals surface area contributed by atoms with E-state index in [1.807, 2.05) is 0 Å². The van der Waals surface area contributed by atoms with Crippen LogP contribution in [0.3, 0.4) is 0 Å². The number of hydrogen-bond donors (Lipinski definition) is 2. The van der Waals surface area contributed by atoms with E-state index in [1.165, 1.54) is 10.7 Å². The van der Waals surface area contributed by atoms with Gasteiger partial charge >= 0.3 is 5.69 Å². The van der Waals surface area contributed by atoms with E-state index in [0.717, 1.165) is 18.6 Å². The van der Waals surface area contributed by atoms with Gasteiger partial charge in [-0.25, -0.2) is 22.6 Å². The Labute approximate surface area is 155 Å². The Morgan fingerprint density at radius 1 is 1.25 bits per heavy atom. The molecule has 2 heterocycles. The first-order chi connectivity index (χ1) is 13.4. The van der Waals surface area contributed by atoms with Crippen molar-refractivity contribution >= 4 is 11.7 Å². The first-order valence-electron chi connectivity index (χ1n) is 8.55. The van der Waals surface area contributed by atoms with Crippen molar-refractivity contribution in [1.82, 2.24) is 19.7 Å². The minimum atomic E-state index is -0.906. The van der Waals surface area contributed by atoms with Gasteiger partial charge in [-0.05, 0) is 30.9 Å². The van der Waals surface area contributed by atoms with Crippen molar-refractivity contribution in [2.75, 3.05) is 5.32 Å². The zero-order valence-corrected chi connectivity index (χ0v) is 14.2. The second-order valence-electron chi connectivity index (χ2n) is 6.89. The number of aromatic nitrogens is 4. The molecule has 5 rings (SSSR count). The van der Waals surface area contributed by atoms with Gasteiger partial charge in [0.25, 0.3) is 5.91 Å². The summed E-state index contributed by atoms with van der Waals surface area (Å²) in [6, 6.07) is 3.12. The van der Waals surface area contributed by atoms with Gasteiger partial charge in [0.15, 0.2) is 23.1 Å². The smallest absolute Gasteiger partial charge is 0.304 e. The lowest BCUT2D eigenvalue weighted by Gasteiger charge is -2.07. The van der Waals surface area contributed by atoms with Crippen molar-refractivity contribution in [2.24, 2.45) is 5.92 Å². The van der Waals surface area contributed by atoms with Crippen LogP contribution in [0.4, 0.5) is 19.0 Å². The molecule has 0 bridgehead atoms. The second kappa shape index (κ2) is 5.78. The van der Waals surface area contributed by atoms with E-state index < -0.39 is 34.9 Å². The Bertz CT molecular complexity index is 1200. The molecule has 142 valence electrons. The summed E-state index contributed by atoms with van der Waals surface area (Å²) < 4.78 is 42.7. The summed E-state index contributed by atoms with van der Waals surface area (Å²) in [6.07, 6.45) is 2.20. The molecule has 3 aromatic rings. The fourth-order valence-corrected chi connectivity index (χ4v) is 3.78. The summed E-state index contributed by atoms with van der Waals surface area (Å²) in [4.78, 5) is 29.3. The van der Waals surface area contributed by atoms with Crippen molar-refractivity contribution in [3.05, 3.63) is 69.3 Å². The van der Waals surface area contributed by atoms with Crippen molar-refractivity contribution in [3.63, 3.8) is 0 Å². The molecule has 1 fully saturated rings. The summed E-state index contributed by atoms with van der Waals surface area (Å²) in [5, 5.41) is 6.51. The summed E-state index contributed by atoms with van der Waals surface area (Å²) in [6.45, 7) is 0. The Morgan fingerprint density at radius 3 is 2.86 bits per heavy atom. The molecular formula is C18H12F3N5O2. The Balaban J connectivity index is 1.58. The highest BCUT2D eigenvalue weighted by Crippen LogP contribution is 2.57. The number of amides is 1. The predicted octanol–water partition coefficient (Wildman–Crippen LogP) is 2.28. The van der Waals surface area contributed by atoms with Gasteiger partial charge in [-0.15, -0.1) is 0 Å². The number of hydrogen-bond acceptors (Lipinski definition) is 4. The molecule has 1 amide bonds. The van der Waals surface area contributed by atoms with E-state index in [0.29, 0.717) is 29.8 Å². The topological polar surface area (TPSA) is 92.7 Å². The molecule has 0 unspecified atom stereocenters. The summed E-state index contributed by atoms with van der Waals surface area (Å²) in [7, 11) is 0. The molecule has 2 atom stereocenters. The van der Waals surface area contributed by atoms with Crippen molar-refractivity contribution in [1.29, 1.82) is 0 Å². The van der Waals surface area contributed by atoms with Crippen molar-refractivity contribution in [2.45, 2.75) is 18.8 Å². The van der Waals surface area contributed by atoms with Gasteiger partial charge < -0.3 is 5.32 Å². The van der Waals surface area contributed by atoms with Gasteiger partial charge in [0.1, 0.15) is 11.5 Å². The number of anilines is 1. The molecule has 10 heteroatoms. The van der Waals surface area contributed by atoms with Crippen molar-refractivity contribution < 1.29 is 18.0 Å². The SMILES string of the molecule is O=C(Nc1[nH]c(=O)ncc1F)c1nn(-c2ccc(F)cc2F)c2c1C[C@H]1C[C@@H]21. The van der Waals surface area contributed by atoms with E-state index >= 15 is 0 Å². The molecular weight excluding hydrogens is 375 g/mol. The molecule has 0 spiro atoms. The quantitative estimate of drug-likeness (QED) is 0.721. The molecule has 2 aromatic heterocycles. The standard InChI is InChI=1S/C18H12F3N5O2/c19-8-1-2-13(11(20)5-8)26-15-9-3-7(9)4-10(15)14(25-26)17(27)23-16-12(21)6-22-18(28)24-16/h1-2,5-7,9H,3-4H2,(H2,22,23,24,27,28)/t7-,9-/m1/s1. The van der Waals surface area contributed by atoms with Crippen LogP contribution in [0, 0.1) is 23.4 Å². The summed E-state index contributed by atoms with van der Waals surface area (Å²) in [5.74, 6) is -3.08. The zero-order valence-electron chi connectivity index (χ0n) is 14.2. The van der Waals surface area contributed by atoms with Crippen LogP contribution < -0.4 is 11.0 Å². The number of nitrogens with zero attached hydrogens (tertiary/aromatic N) is 3. The average Bonchev–Trinajstić information content (AvgIpc) is 3.15. The number of fused-ring (bicyclic) bond motifs is 3. The van der Waals surface area contributed by atoms with Crippen LogP contribution in [-0.4, -0.2) is 25.7 Å². The molecule has 1 saturated carbocycles. The van der Waals surface area contributed by atoms with E-state index in [2.05, 4.69) is 20.4 Å². The zero-order chi connectivity index (χ0) is 19.6. The third-order valence-electron chi connectivity index (χ3n) is 5.12. The van der Waals surface area contributed by atoms with Crippen LogP contribution in [-0.2, 0) is 6.42 Å². The number of rotatable bonds is 3. The minimum Gasteiger partial charge on any atom is -0.304 e. The van der Waals surface area contributed by atoms with Gasteiger partial charge in [0.05, 0.1) is 11.9 Å². The average molecular weight is 387 g/mol. The maximum Gasteiger partial charge on any atom is 0.346 e. The summed E-state index contributed by atoms with van der Waals surface area (Å²) in [5.41, 5.74) is 0.599. The first-order valence-corrected chi connectivity index (χ1v) is 8.55. The van der Waals surface area contributed by atoms with E-state index in [1.54, 1.807) is 0 Å². The van der Waals surface area contributed by atoms with Crippen LogP contribution >= 0.6 is 0 Å². The molecule has 2 aliphatic rings. The first kappa shape index (κ1) is 16.7. The third-order valence-corrected chi connectivity index (χ3v) is 5.12. The Hall–Kier alpha value is -3.43. The summed E-state index contributed by atoms with van der Waals surface area (Å²) >= 11 is 0. The molecule has 2 N–H and O–H groups in total. The predicted molar refractivity (Wildman–Crippen MR) is 90.8 cm³/mol. The number of carbonyl (C=O) groups excluding carboxylic acids is 1. The molecule has 7 nitrogen and oxygen atoms in total. The minimum absolute atomic E-state index is 0.0167. The third kappa shape index (κ3) is 2.52. The Morgan fingerprint density at radius 2 is 2.07 bits per heavy atom. The normalized spacial score (nSPS) is 19.2. The molecule has 0 radical (unpaired) electrons. The molecule has 0 aliphatic heterocycles. The van der Waals surface area contributed by atoms with Gasteiger partial charge in [-0.1, -0.05) is 0 Å². The van der Waals surface area contributed by atoms with E-state index in [9.17, 15) is 22.8 Å². The number of aromatic amines is 1. The number of halogens is 3. The fourth-order valence-electron chi connectivity index (χ4n) is 3.78.